The minimum atomic E-state index is 0.411. The molecule has 0 nitrogen and oxygen atoms in total. The molecular weight excluding hydrogens is 155 g/mol. The topological polar surface area (TPSA) is 0 Å². The molecular formula is C12H20B. The SMILES string of the molecule is CCC1(C)C=CC([B]C(C)C)=CC1. The van der Waals surface area contributed by atoms with E-state index in [0.717, 1.165) is 0 Å². The van der Waals surface area contributed by atoms with Crippen LogP contribution in [0.3, 0.4) is 0 Å². The Morgan fingerprint density at radius 2 is 2.23 bits per heavy atom. The molecule has 0 N–H and O–H groups in total. The first-order chi connectivity index (χ1) is 6.06. The molecule has 13 heavy (non-hydrogen) atoms. The van der Waals surface area contributed by atoms with E-state index in [1.54, 1.807) is 0 Å². The summed E-state index contributed by atoms with van der Waals surface area (Å²) < 4.78 is 0. The molecule has 0 fully saturated rings. The van der Waals surface area contributed by atoms with E-state index in [4.69, 9.17) is 0 Å². The Labute approximate surface area is 83.4 Å². The molecule has 0 amide bonds. The van der Waals surface area contributed by atoms with Crippen LogP contribution in [0.2, 0.25) is 5.82 Å². The van der Waals surface area contributed by atoms with Crippen molar-refractivity contribution >= 4 is 7.28 Å². The number of hydrogen-bond donors (Lipinski definition) is 0. The van der Waals surface area contributed by atoms with Gasteiger partial charge in [0.2, 0.25) is 0 Å². The van der Waals surface area contributed by atoms with Crippen LogP contribution in [0.1, 0.15) is 40.5 Å². The lowest BCUT2D eigenvalue weighted by molar-refractivity contribution is 0.413. The van der Waals surface area contributed by atoms with Gasteiger partial charge in [-0.25, -0.2) is 0 Å². The molecule has 1 atom stereocenters. The van der Waals surface area contributed by atoms with Crippen molar-refractivity contribution in [2.45, 2.75) is 46.4 Å². The van der Waals surface area contributed by atoms with Crippen LogP contribution < -0.4 is 0 Å². The highest BCUT2D eigenvalue weighted by atomic mass is 14.2. The third-order valence-corrected chi connectivity index (χ3v) is 2.82. The minimum absolute atomic E-state index is 0.411. The Morgan fingerprint density at radius 1 is 1.54 bits per heavy atom. The molecule has 1 aliphatic carbocycles. The molecule has 0 saturated heterocycles. The lowest BCUT2D eigenvalue weighted by atomic mass is 9.58. The van der Waals surface area contributed by atoms with Gasteiger partial charge in [-0.3, -0.25) is 0 Å². The number of hydrogen-bond acceptors (Lipinski definition) is 0. The summed E-state index contributed by atoms with van der Waals surface area (Å²) in [6.45, 7) is 9.03. The Balaban J connectivity index is 2.55. The molecule has 1 rings (SSSR count). The molecule has 0 aliphatic heterocycles. The van der Waals surface area contributed by atoms with Crippen LogP contribution in [0.5, 0.6) is 0 Å². The first-order valence-corrected chi connectivity index (χ1v) is 5.30. The van der Waals surface area contributed by atoms with Gasteiger partial charge in [0, 0.05) is 0 Å². The molecule has 0 heterocycles. The zero-order valence-corrected chi connectivity index (χ0v) is 9.30. The van der Waals surface area contributed by atoms with Gasteiger partial charge in [-0.2, -0.15) is 0 Å². The monoisotopic (exact) mass is 175 g/mol. The van der Waals surface area contributed by atoms with Crippen LogP contribution in [0.4, 0.5) is 0 Å². The van der Waals surface area contributed by atoms with E-state index in [9.17, 15) is 0 Å². The maximum absolute atomic E-state index is 2.36. The van der Waals surface area contributed by atoms with Crippen molar-refractivity contribution in [3.63, 3.8) is 0 Å². The molecule has 0 aromatic heterocycles. The van der Waals surface area contributed by atoms with Gasteiger partial charge in [-0.05, 0) is 18.3 Å². The lowest BCUT2D eigenvalue weighted by Gasteiger charge is -2.26. The molecule has 71 valence electrons. The van der Waals surface area contributed by atoms with Crippen molar-refractivity contribution in [3.8, 4) is 0 Å². The Kier molecular flexibility index (Phi) is 3.41. The Morgan fingerprint density at radius 3 is 2.62 bits per heavy atom. The van der Waals surface area contributed by atoms with E-state index in [1.165, 1.54) is 18.3 Å². The third kappa shape index (κ3) is 3.06. The van der Waals surface area contributed by atoms with Crippen molar-refractivity contribution in [1.29, 1.82) is 0 Å². The summed E-state index contributed by atoms with van der Waals surface area (Å²) in [5.74, 6) is 0.655. The van der Waals surface area contributed by atoms with Crippen molar-refractivity contribution in [3.05, 3.63) is 23.7 Å². The van der Waals surface area contributed by atoms with Crippen molar-refractivity contribution in [1.82, 2.24) is 0 Å². The van der Waals surface area contributed by atoms with Gasteiger partial charge in [0.05, 0.1) is 0 Å². The van der Waals surface area contributed by atoms with E-state index in [0.29, 0.717) is 11.2 Å². The van der Waals surface area contributed by atoms with E-state index < -0.39 is 0 Å². The average Bonchev–Trinajstić information content (AvgIpc) is 2.09. The van der Waals surface area contributed by atoms with Gasteiger partial charge in [-0.1, -0.05) is 57.2 Å². The molecule has 1 radical (unpaired) electrons. The van der Waals surface area contributed by atoms with Gasteiger partial charge in [-0.15, -0.1) is 0 Å². The lowest BCUT2D eigenvalue weighted by Crippen LogP contribution is -2.15. The molecule has 1 aliphatic rings. The van der Waals surface area contributed by atoms with Crippen LogP contribution in [0.15, 0.2) is 23.7 Å². The van der Waals surface area contributed by atoms with Crippen LogP contribution in [-0.2, 0) is 0 Å². The summed E-state index contributed by atoms with van der Waals surface area (Å²) in [7, 11) is 2.33. The molecule has 0 bridgehead atoms. The van der Waals surface area contributed by atoms with Gasteiger partial charge < -0.3 is 0 Å². The first kappa shape index (κ1) is 10.6. The van der Waals surface area contributed by atoms with E-state index in [1.807, 2.05) is 0 Å². The fourth-order valence-electron chi connectivity index (χ4n) is 1.56. The maximum atomic E-state index is 2.36. The van der Waals surface area contributed by atoms with Gasteiger partial charge in [0.1, 0.15) is 0 Å². The minimum Gasteiger partial charge on any atom is -0.0917 e. The summed E-state index contributed by atoms with van der Waals surface area (Å²) in [5.41, 5.74) is 1.81. The molecule has 1 heteroatoms. The highest BCUT2D eigenvalue weighted by molar-refractivity contribution is 6.48. The predicted molar refractivity (Wildman–Crippen MR) is 61.1 cm³/mol. The fourth-order valence-corrected chi connectivity index (χ4v) is 1.56. The standard InChI is InChI=1S/C12H20B/c1-5-12(4)8-6-11(7-9-12)13-10(2)3/h6-8,10H,5,9H2,1-4H3. The summed E-state index contributed by atoms with van der Waals surface area (Å²) >= 11 is 0. The van der Waals surface area contributed by atoms with Gasteiger partial charge >= 0.3 is 0 Å². The zero-order chi connectivity index (χ0) is 9.90. The molecule has 1 unspecified atom stereocenters. The second-order valence-electron chi connectivity index (χ2n) is 4.66. The van der Waals surface area contributed by atoms with E-state index in [2.05, 4.69) is 53.2 Å². The molecule has 0 spiro atoms. The normalized spacial score (nSPS) is 27.6. The molecule has 0 aromatic rings. The molecule has 0 aromatic carbocycles. The second kappa shape index (κ2) is 4.17. The quantitative estimate of drug-likeness (QED) is 0.572. The summed E-state index contributed by atoms with van der Waals surface area (Å²) in [4.78, 5) is 0. The summed E-state index contributed by atoms with van der Waals surface area (Å²) in [6.07, 6.45) is 9.42. The van der Waals surface area contributed by atoms with Crippen LogP contribution in [0, 0.1) is 5.41 Å². The third-order valence-electron chi connectivity index (χ3n) is 2.82. The van der Waals surface area contributed by atoms with Crippen LogP contribution in [0.25, 0.3) is 0 Å². The maximum Gasteiger partial charge on any atom is 0.153 e. The fraction of sp³-hybridized carbons (Fsp3) is 0.667. The summed E-state index contributed by atoms with van der Waals surface area (Å²) in [6, 6.07) is 0. The van der Waals surface area contributed by atoms with Crippen molar-refractivity contribution < 1.29 is 0 Å². The summed E-state index contributed by atoms with van der Waals surface area (Å²) in [5, 5.41) is 0. The predicted octanol–water partition coefficient (Wildman–Crippen LogP) is 3.78. The number of allylic oxidation sites excluding steroid dienone is 4. The van der Waals surface area contributed by atoms with E-state index >= 15 is 0 Å². The molecule has 0 saturated carbocycles. The zero-order valence-electron chi connectivity index (χ0n) is 9.30. The number of rotatable bonds is 3. The van der Waals surface area contributed by atoms with Crippen molar-refractivity contribution in [2.24, 2.45) is 5.41 Å². The van der Waals surface area contributed by atoms with Gasteiger partial charge in [0.25, 0.3) is 0 Å². The Bertz CT molecular complexity index is 225. The van der Waals surface area contributed by atoms with E-state index in [-0.39, 0.29) is 0 Å². The largest absolute Gasteiger partial charge is 0.153 e. The average molecular weight is 175 g/mol. The highest BCUT2D eigenvalue weighted by Gasteiger charge is 2.19. The van der Waals surface area contributed by atoms with Crippen LogP contribution >= 0.6 is 0 Å². The van der Waals surface area contributed by atoms with Crippen LogP contribution in [-0.4, -0.2) is 7.28 Å². The van der Waals surface area contributed by atoms with Crippen molar-refractivity contribution in [2.75, 3.05) is 0 Å². The first-order valence-electron chi connectivity index (χ1n) is 5.30. The smallest absolute Gasteiger partial charge is 0.0917 e. The Hall–Kier alpha value is -0.455. The van der Waals surface area contributed by atoms with Gasteiger partial charge in [0.15, 0.2) is 7.28 Å². The second-order valence-corrected chi connectivity index (χ2v) is 4.66. The highest BCUT2D eigenvalue weighted by Crippen LogP contribution is 2.32.